The summed E-state index contributed by atoms with van der Waals surface area (Å²) in [6, 6.07) is 3.33. The van der Waals surface area contributed by atoms with Crippen LogP contribution in [0.1, 0.15) is 25.5 Å². The van der Waals surface area contributed by atoms with Gasteiger partial charge < -0.3 is 20.3 Å². The van der Waals surface area contributed by atoms with Crippen LogP contribution in [-0.2, 0) is 4.79 Å². The zero-order valence-electron chi connectivity index (χ0n) is 15.8. The number of ether oxygens (including phenoxy) is 1. The van der Waals surface area contributed by atoms with Gasteiger partial charge in [-0.1, -0.05) is 0 Å². The minimum absolute atomic E-state index is 0.0805. The number of anilines is 3. The number of halogens is 2. The summed E-state index contributed by atoms with van der Waals surface area (Å²) in [5.41, 5.74) is 1.32. The number of rotatable bonds is 4. The second-order valence-electron chi connectivity index (χ2n) is 7.24. The monoisotopic (exact) mass is 389 g/mol. The molecule has 7 nitrogen and oxygen atoms in total. The molecule has 2 N–H and O–H groups in total. The Bertz CT molecular complexity index is 933. The molecule has 1 aromatic carbocycles. The highest BCUT2D eigenvalue weighted by Crippen LogP contribution is 2.34. The summed E-state index contributed by atoms with van der Waals surface area (Å²) in [5.74, 6) is -0.419. The van der Waals surface area contributed by atoms with Gasteiger partial charge in [0, 0.05) is 32.0 Å². The Morgan fingerprint density at radius 1 is 1.25 bits per heavy atom. The van der Waals surface area contributed by atoms with Crippen LogP contribution >= 0.6 is 0 Å². The van der Waals surface area contributed by atoms with Crippen LogP contribution in [0.25, 0.3) is 0 Å². The van der Waals surface area contributed by atoms with Crippen LogP contribution in [0.3, 0.4) is 0 Å². The van der Waals surface area contributed by atoms with E-state index in [4.69, 9.17) is 4.74 Å². The Hall–Kier alpha value is -2.97. The average Bonchev–Trinajstić information content (AvgIpc) is 2.62. The minimum atomic E-state index is -0.921. The highest BCUT2D eigenvalue weighted by Gasteiger charge is 2.33. The molecule has 9 heteroatoms. The van der Waals surface area contributed by atoms with Crippen LogP contribution < -0.4 is 20.3 Å². The van der Waals surface area contributed by atoms with E-state index in [0.717, 1.165) is 12.1 Å². The molecule has 1 aromatic heterocycles. The molecule has 148 valence electrons. The SMILES string of the molecule is Cc1nc(NC2CC(Oc3ccc(F)c(F)c3)C2)nc2c1NC(=O)[C@H](C)N2C. The van der Waals surface area contributed by atoms with Gasteiger partial charge in [-0.3, -0.25) is 4.79 Å². The summed E-state index contributed by atoms with van der Waals surface area (Å²) in [7, 11) is 1.83. The number of carbonyl (C=O) groups is 1. The summed E-state index contributed by atoms with van der Waals surface area (Å²) < 4.78 is 31.9. The maximum atomic E-state index is 13.3. The Kier molecular flexibility index (Phi) is 4.52. The molecule has 1 atom stereocenters. The molecule has 28 heavy (non-hydrogen) atoms. The molecule has 0 saturated heterocycles. The van der Waals surface area contributed by atoms with Crippen LogP contribution in [0, 0.1) is 18.6 Å². The number of carbonyl (C=O) groups excluding carboxylic acids is 1. The molecule has 2 heterocycles. The van der Waals surface area contributed by atoms with Gasteiger partial charge in [-0.05, 0) is 26.0 Å². The number of hydrogen-bond acceptors (Lipinski definition) is 6. The van der Waals surface area contributed by atoms with Crippen LogP contribution in [0.5, 0.6) is 5.75 Å². The lowest BCUT2D eigenvalue weighted by atomic mass is 9.89. The van der Waals surface area contributed by atoms with Gasteiger partial charge in [0.1, 0.15) is 23.6 Å². The zero-order valence-corrected chi connectivity index (χ0v) is 15.8. The molecule has 4 rings (SSSR count). The van der Waals surface area contributed by atoms with E-state index in [2.05, 4.69) is 20.6 Å². The molecule has 2 aliphatic rings. The molecule has 0 bridgehead atoms. The van der Waals surface area contributed by atoms with Gasteiger partial charge in [0.25, 0.3) is 0 Å². The normalized spacial score (nSPS) is 23.5. The Labute approximate surface area is 161 Å². The van der Waals surface area contributed by atoms with Gasteiger partial charge >= 0.3 is 0 Å². The average molecular weight is 389 g/mol. The standard InChI is InChI=1S/C19H21F2N5O2/c1-9-16-17(26(3)10(2)18(27)24-16)25-19(22-9)23-11-6-13(7-11)28-12-4-5-14(20)15(21)8-12/h4-5,8,10-11,13H,6-7H2,1-3H3,(H,24,27)(H,22,23,25)/t10-,11?,13?/m0/s1. The van der Waals surface area contributed by atoms with Crippen molar-refractivity contribution in [2.75, 3.05) is 22.6 Å². The Balaban J connectivity index is 1.39. The van der Waals surface area contributed by atoms with Crippen molar-refractivity contribution >= 4 is 23.4 Å². The lowest BCUT2D eigenvalue weighted by molar-refractivity contribution is -0.117. The van der Waals surface area contributed by atoms with Crippen molar-refractivity contribution in [3.05, 3.63) is 35.5 Å². The van der Waals surface area contributed by atoms with E-state index in [9.17, 15) is 13.6 Å². The van der Waals surface area contributed by atoms with Crippen LogP contribution in [-0.4, -0.2) is 41.1 Å². The molecule has 1 amide bonds. The van der Waals surface area contributed by atoms with Crippen LogP contribution in [0.15, 0.2) is 18.2 Å². The molecule has 1 fully saturated rings. The maximum absolute atomic E-state index is 13.3. The van der Waals surface area contributed by atoms with E-state index in [1.165, 1.54) is 6.07 Å². The number of aromatic nitrogens is 2. The fraction of sp³-hybridized carbons (Fsp3) is 0.421. The van der Waals surface area contributed by atoms with Crippen molar-refractivity contribution in [1.82, 2.24) is 9.97 Å². The fourth-order valence-electron chi connectivity index (χ4n) is 3.32. The number of benzene rings is 1. The molecule has 0 unspecified atom stereocenters. The first-order valence-corrected chi connectivity index (χ1v) is 9.12. The first kappa shape index (κ1) is 18.4. The number of likely N-dealkylation sites (N-methyl/N-ethyl adjacent to an activating group) is 1. The summed E-state index contributed by atoms with van der Waals surface area (Å²) in [6.07, 6.45) is 1.31. The Morgan fingerprint density at radius 2 is 2.00 bits per heavy atom. The third kappa shape index (κ3) is 3.32. The van der Waals surface area contributed by atoms with E-state index in [1.54, 1.807) is 0 Å². The van der Waals surface area contributed by atoms with Gasteiger partial charge in [-0.2, -0.15) is 4.98 Å². The van der Waals surface area contributed by atoms with E-state index in [-0.39, 0.29) is 24.1 Å². The molecular weight excluding hydrogens is 368 g/mol. The van der Waals surface area contributed by atoms with Gasteiger partial charge in [0.05, 0.1) is 5.69 Å². The topological polar surface area (TPSA) is 79.4 Å². The summed E-state index contributed by atoms with van der Waals surface area (Å²) in [4.78, 5) is 22.8. The summed E-state index contributed by atoms with van der Waals surface area (Å²) in [6.45, 7) is 3.64. The fourth-order valence-corrected chi connectivity index (χ4v) is 3.32. The quantitative estimate of drug-likeness (QED) is 0.837. The van der Waals surface area contributed by atoms with Crippen molar-refractivity contribution in [3.63, 3.8) is 0 Å². The number of fused-ring (bicyclic) bond motifs is 1. The van der Waals surface area contributed by atoms with E-state index >= 15 is 0 Å². The smallest absolute Gasteiger partial charge is 0.246 e. The third-order valence-corrected chi connectivity index (χ3v) is 5.24. The van der Waals surface area contributed by atoms with Gasteiger partial charge in [-0.15, -0.1) is 0 Å². The second-order valence-corrected chi connectivity index (χ2v) is 7.24. The highest BCUT2D eigenvalue weighted by atomic mass is 19.2. The predicted molar refractivity (Wildman–Crippen MR) is 101 cm³/mol. The molecule has 0 spiro atoms. The molecule has 1 aliphatic carbocycles. The second kappa shape index (κ2) is 6.88. The lowest BCUT2D eigenvalue weighted by Crippen LogP contribution is -2.45. The summed E-state index contributed by atoms with van der Waals surface area (Å²) >= 11 is 0. The number of aryl methyl sites for hydroxylation is 1. The first-order chi connectivity index (χ1) is 13.3. The Morgan fingerprint density at radius 3 is 2.71 bits per heavy atom. The maximum Gasteiger partial charge on any atom is 0.246 e. The van der Waals surface area contributed by atoms with Crippen molar-refractivity contribution in [3.8, 4) is 5.75 Å². The lowest BCUT2D eigenvalue weighted by Gasteiger charge is -2.36. The van der Waals surface area contributed by atoms with Gasteiger partial charge in [0.2, 0.25) is 11.9 Å². The number of hydrogen-bond donors (Lipinski definition) is 2. The van der Waals surface area contributed by atoms with Crippen molar-refractivity contribution < 1.29 is 18.3 Å². The molecule has 1 aliphatic heterocycles. The number of amides is 1. The minimum Gasteiger partial charge on any atom is -0.490 e. The molecule has 2 aromatic rings. The van der Waals surface area contributed by atoms with E-state index in [0.29, 0.717) is 41.7 Å². The largest absolute Gasteiger partial charge is 0.490 e. The van der Waals surface area contributed by atoms with Crippen molar-refractivity contribution in [2.45, 2.75) is 44.9 Å². The van der Waals surface area contributed by atoms with Crippen LogP contribution in [0.4, 0.5) is 26.2 Å². The van der Waals surface area contributed by atoms with Crippen molar-refractivity contribution in [2.24, 2.45) is 0 Å². The highest BCUT2D eigenvalue weighted by molar-refractivity contribution is 6.03. The van der Waals surface area contributed by atoms with Gasteiger partial charge in [0.15, 0.2) is 17.5 Å². The van der Waals surface area contributed by atoms with Crippen molar-refractivity contribution in [1.29, 1.82) is 0 Å². The predicted octanol–water partition coefficient (Wildman–Crippen LogP) is 2.86. The van der Waals surface area contributed by atoms with E-state index < -0.39 is 11.6 Å². The molecule has 0 radical (unpaired) electrons. The van der Waals surface area contributed by atoms with E-state index in [1.807, 2.05) is 25.8 Å². The first-order valence-electron chi connectivity index (χ1n) is 9.12. The number of nitrogens with one attached hydrogen (secondary N) is 2. The van der Waals surface area contributed by atoms with Gasteiger partial charge in [-0.25, -0.2) is 13.8 Å². The number of nitrogens with zero attached hydrogens (tertiary/aromatic N) is 3. The van der Waals surface area contributed by atoms with Crippen LogP contribution in [0.2, 0.25) is 0 Å². The molecule has 1 saturated carbocycles. The zero-order chi connectivity index (χ0) is 20.0. The summed E-state index contributed by atoms with van der Waals surface area (Å²) in [5, 5.41) is 6.13. The third-order valence-electron chi connectivity index (χ3n) is 5.24. The molecular formula is C19H21F2N5O2.